The van der Waals surface area contributed by atoms with E-state index in [-0.39, 0.29) is 0 Å². The van der Waals surface area contributed by atoms with Crippen molar-refractivity contribution in [1.82, 2.24) is 24.7 Å². The largest absolute Gasteiger partial charge is 0.350 e. The van der Waals surface area contributed by atoms with E-state index in [1.807, 2.05) is 35.1 Å². The fourth-order valence-electron chi connectivity index (χ4n) is 3.12. The van der Waals surface area contributed by atoms with Gasteiger partial charge in [-0.05, 0) is 31.4 Å². The Hall–Kier alpha value is -2.50. The van der Waals surface area contributed by atoms with E-state index >= 15 is 0 Å². The van der Waals surface area contributed by atoms with Crippen LogP contribution in [-0.2, 0) is 6.54 Å². The summed E-state index contributed by atoms with van der Waals surface area (Å²) in [7, 11) is 0. The fourth-order valence-corrected chi connectivity index (χ4v) is 3.12. The molecule has 4 rings (SSSR count). The molecule has 1 fully saturated rings. The smallest absolute Gasteiger partial charge is 0.148 e. The molecule has 112 valence electrons. The number of benzene rings is 1. The summed E-state index contributed by atoms with van der Waals surface area (Å²) >= 11 is 0. The topological polar surface area (TPSA) is 59.7 Å². The van der Waals surface area contributed by atoms with Crippen molar-refractivity contribution in [2.24, 2.45) is 0 Å². The van der Waals surface area contributed by atoms with Crippen LogP contribution in [0.25, 0.3) is 11.0 Å². The monoisotopic (exact) mass is 294 g/mol. The van der Waals surface area contributed by atoms with Crippen molar-refractivity contribution in [1.29, 1.82) is 0 Å². The van der Waals surface area contributed by atoms with E-state index in [1.165, 1.54) is 12.8 Å². The molecule has 1 saturated heterocycles. The zero-order valence-electron chi connectivity index (χ0n) is 12.3. The zero-order chi connectivity index (χ0) is 14.8. The lowest BCUT2D eigenvalue weighted by molar-refractivity contribution is 0.396. The lowest BCUT2D eigenvalue weighted by atomic mass is 10.0. The highest BCUT2D eigenvalue weighted by Crippen LogP contribution is 2.25. The van der Waals surface area contributed by atoms with Crippen molar-refractivity contribution in [3.8, 4) is 0 Å². The van der Waals surface area contributed by atoms with E-state index in [9.17, 15) is 0 Å². The number of fused-ring (bicyclic) bond motifs is 1. The van der Waals surface area contributed by atoms with Crippen LogP contribution >= 0.6 is 0 Å². The molecule has 2 aromatic heterocycles. The van der Waals surface area contributed by atoms with Gasteiger partial charge in [-0.1, -0.05) is 12.1 Å². The third-order valence-electron chi connectivity index (χ3n) is 4.22. The summed E-state index contributed by atoms with van der Waals surface area (Å²) in [5, 5.41) is 4.23. The summed E-state index contributed by atoms with van der Waals surface area (Å²) in [6.45, 7) is 1.86. The fraction of sp³-hybridized carbons (Fsp3) is 0.375. The van der Waals surface area contributed by atoms with Crippen LogP contribution in [0.5, 0.6) is 0 Å². The maximum Gasteiger partial charge on any atom is 0.148 e. The van der Waals surface area contributed by atoms with Crippen LogP contribution in [0.4, 0.5) is 5.82 Å². The molecule has 0 spiro atoms. The van der Waals surface area contributed by atoms with Gasteiger partial charge < -0.3 is 4.90 Å². The van der Waals surface area contributed by atoms with Gasteiger partial charge in [-0.2, -0.15) is 5.10 Å². The van der Waals surface area contributed by atoms with E-state index in [0.717, 1.165) is 36.4 Å². The lowest BCUT2D eigenvalue weighted by Gasteiger charge is -2.36. The lowest BCUT2D eigenvalue weighted by Crippen LogP contribution is -2.42. The van der Waals surface area contributed by atoms with Gasteiger partial charge in [-0.25, -0.2) is 9.97 Å². The number of hydrogen-bond acceptors (Lipinski definition) is 5. The summed E-state index contributed by atoms with van der Waals surface area (Å²) in [5.74, 6) is 0.962. The minimum Gasteiger partial charge on any atom is -0.350 e. The molecule has 3 aromatic rings. The SMILES string of the molecule is c1ccc2nc(N3CCCC[C@H]3Cn3cncn3)cnc2c1. The highest BCUT2D eigenvalue weighted by atomic mass is 15.3. The second kappa shape index (κ2) is 5.71. The van der Waals surface area contributed by atoms with E-state index in [2.05, 4.69) is 20.0 Å². The first-order valence-electron chi connectivity index (χ1n) is 7.71. The summed E-state index contributed by atoms with van der Waals surface area (Å²) in [4.78, 5) is 15.7. The Kier molecular flexibility index (Phi) is 3.42. The minimum absolute atomic E-state index is 0.394. The van der Waals surface area contributed by atoms with Crippen LogP contribution in [-0.4, -0.2) is 37.3 Å². The van der Waals surface area contributed by atoms with Gasteiger partial charge >= 0.3 is 0 Å². The molecule has 22 heavy (non-hydrogen) atoms. The number of para-hydroxylation sites is 2. The van der Waals surface area contributed by atoms with Gasteiger partial charge in [0, 0.05) is 6.54 Å². The first-order valence-corrected chi connectivity index (χ1v) is 7.71. The molecular formula is C16H18N6. The predicted molar refractivity (Wildman–Crippen MR) is 84.5 cm³/mol. The number of hydrogen-bond donors (Lipinski definition) is 0. The van der Waals surface area contributed by atoms with Crippen molar-refractivity contribution in [3.05, 3.63) is 43.1 Å². The maximum absolute atomic E-state index is 4.80. The third-order valence-corrected chi connectivity index (χ3v) is 4.22. The second-order valence-corrected chi connectivity index (χ2v) is 5.68. The molecule has 6 heteroatoms. The van der Waals surface area contributed by atoms with Gasteiger partial charge in [0.05, 0.1) is 29.8 Å². The Morgan fingerprint density at radius 2 is 2.05 bits per heavy atom. The van der Waals surface area contributed by atoms with Crippen molar-refractivity contribution >= 4 is 16.9 Å². The highest BCUT2D eigenvalue weighted by Gasteiger charge is 2.24. The molecule has 1 aliphatic rings. The third kappa shape index (κ3) is 2.52. The Balaban J connectivity index is 1.64. The molecule has 3 heterocycles. The Morgan fingerprint density at radius 3 is 2.91 bits per heavy atom. The molecule has 1 aliphatic heterocycles. The first kappa shape index (κ1) is 13.2. The Morgan fingerprint density at radius 1 is 1.14 bits per heavy atom. The minimum atomic E-state index is 0.394. The zero-order valence-corrected chi connectivity index (χ0v) is 12.3. The Bertz CT molecular complexity index is 754. The van der Waals surface area contributed by atoms with Crippen LogP contribution < -0.4 is 4.90 Å². The van der Waals surface area contributed by atoms with Crippen molar-refractivity contribution < 1.29 is 0 Å². The highest BCUT2D eigenvalue weighted by molar-refractivity contribution is 5.75. The number of nitrogens with zero attached hydrogens (tertiary/aromatic N) is 6. The summed E-state index contributed by atoms with van der Waals surface area (Å²) in [6.07, 6.45) is 8.84. The average Bonchev–Trinajstić information content (AvgIpc) is 3.08. The molecule has 0 N–H and O–H groups in total. The first-order chi connectivity index (χ1) is 10.9. The van der Waals surface area contributed by atoms with Crippen molar-refractivity contribution in [3.63, 3.8) is 0 Å². The molecule has 1 atom stereocenters. The van der Waals surface area contributed by atoms with Crippen LogP contribution in [0.15, 0.2) is 43.1 Å². The number of piperidine rings is 1. The van der Waals surface area contributed by atoms with E-state index in [1.54, 1.807) is 12.7 Å². The van der Waals surface area contributed by atoms with E-state index in [4.69, 9.17) is 4.98 Å². The van der Waals surface area contributed by atoms with E-state index < -0.39 is 0 Å². The quantitative estimate of drug-likeness (QED) is 0.741. The molecule has 0 amide bonds. The van der Waals surface area contributed by atoms with Gasteiger partial charge in [-0.3, -0.25) is 9.67 Å². The normalized spacial score (nSPS) is 18.7. The summed E-state index contributed by atoms with van der Waals surface area (Å²) in [6, 6.07) is 8.40. The molecule has 0 aliphatic carbocycles. The second-order valence-electron chi connectivity index (χ2n) is 5.68. The van der Waals surface area contributed by atoms with Gasteiger partial charge in [0.2, 0.25) is 0 Å². The molecule has 0 saturated carbocycles. The molecule has 0 unspecified atom stereocenters. The number of rotatable bonds is 3. The van der Waals surface area contributed by atoms with Gasteiger partial charge in [-0.15, -0.1) is 0 Å². The van der Waals surface area contributed by atoms with Gasteiger partial charge in [0.1, 0.15) is 18.5 Å². The molecule has 0 radical (unpaired) electrons. The summed E-state index contributed by atoms with van der Waals surface area (Å²) < 4.78 is 1.90. The van der Waals surface area contributed by atoms with Crippen LogP contribution in [0.2, 0.25) is 0 Å². The van der Waals surface area contributed by atoms with Crippen molar-refractivity contribution in [2.75, 3.05) is 11.4 Å². The maximum atomic E-state index is 4.80. The van der Waals surface area contributed by atoms with Crippen LogP contribution in [0.3, 0.4) is 0 Å². The molecular weight excluding hydrogens is 276 g/mol. The molecule has 6 nitrogen and oxygen atoms in total. The van der Waals surface area contributed by atoms with E-state index in [0.29, 0.717) is 6.04 Å². The molecule has 1 aromatic carbocycles. The number of anilines is 1. The predicted octanol–water partition coefficient (Wildman–Crippen LogP) is 2.28. The molecule has 0 bridgehead atoms. The number of aromatic nitrogens is 5. The van der Waals surface area contributed by atoms with Gasteiger partial charge in [0.15, 0.2) is 0 Å². The van der Waals surface area contributed by atoms with Crippen LogP contribution in [0.1, 0.15) is 19.3 Å². The average molecular weight is 294 g/mol. The van der Waals surface area contributed by atoms with Gasteiger partial charge in [0.25, 0.3) is 0 Å². The standard InChI is InChI=1S/C16H18N6/c1-2-7-15-14(6-1)18-9-16(20-15)22-8-4-3-5-13(22)10-21-12-17-11-19-21/h1-2,6-7,9,11-13H,3-5,8,10H2/t13-/m0/s1. The van der Waals surface area contributed by atoms with Crippen molar-refractivity contribution in [2.45, 2.75) is 31.8 Å². The Labute approximate surface area is 128 Å². The summed E-state index contributed by atoms with van der Waals surface area (Å²) in [5.41, 5.74) is 1.89. The van der Waals surface area contributed by atoms with Crippen LogP contribution in [0, 0.1) is 0 Å².